The van der Waals surface area contributed by atoms with Crippen molar-refractivity contribution < 1.29 is 5.11 Å². The Morgan fingerprint density at radius 3 is 2.83 bits per heavy atom. The fraction of sp³-hybridized carbons (Fsp3) is 0.625. The van der Waals surface area contributed by atoms with Crippen LogP contribution in [0.2, 0.25) is 0 Å². The lowest BCUT2D eigenvalue weighted by atomic mass is 9.66. The average molecular weight is 243 g/mol. The van der Waals surface area contributed by atoms with Crippen LogP contribution in [0.1, 0.15) is 42.7 Å². The second kappa shape index (κ2) is 3.99. The van der Waals surface area contributed by atoms with Gasteiger partial charge in [-0.15, -0.1) is 0 Å². The fourth-order valence-corrected chi connectivity index (χ4v) is 4.73. The van der Waals surface area contributed by atoms with Gasteiger partial charge in [-0.2, -0.15) is 0 Å². The van der Waals surface area contributed by atoms with E-state index in [1.54, 1.807) is 0 Å². The summed E-state index contributed by atoms with van der Waals surface area (Å²) in [6.07, 6.45) is 6.49. The van der Waals surface area contributed by atoms with E-state index in [-0.39, 0.29) is 0 Å². The van der Waals surface area contributed by atoms with Crippen LogP contribution in [-0.2, 0) is 6.42 Å². The summed E-state index contributed by atoms with van der Waals surface area (Å²) >= 11 is 0. The van der Waals surface area contributed by atoms with E-state index in [1.165, 1.54) is 56.3 Å². The Bertz CT molecular complexity index is 468. The van der Waals surface area contributed by atoms with Gasteiger partial charge in [0.25, 0.3) is 0 Å². The molecule has 1 aromatic rings. The number of aromatic hydroxyl groups is 1. The molecule has 3 atom stereocenters. The molecule has 0 saturated carbocycles. The Kier molecular flexibility index (Phi) is 2.41. The molecule has 2 heteroatoms. The maximum Gasteiger partial charge on any atom is 0.119 e. The largest absolute Gasteiger partial charge is 0.508 e. The van der Waals surface area contributed by atoms with Crippen LogP contribution in [0.15, 0.2) is 18.2 Å². The van der Waals surface area contributed by atoms with Crippen molar-refractivity contribution in [1.82, 2.24) is 4.90 Å². The summed E-state index contributed by atoms with van der Waals surface area (Å²) in [7, 11) is 0. The molecule has 1 N–H and O–H groups in total. The molecule has 2 saturated heterocycles. The van der Waals surface area contributed by atoms with Crippen molar-refractivity contribution in [2.45, 2.75) is 44.1 Å². The lowest BCUT2D eigenvalue weighted by molar-refractivity contribution is 0.0341. The second-order valence-electron chi connectivity index (χ2n) is 6.23. The summed E-state index contributed by atoms with van der Waals surface area (Å²) in [6, 6.07) is 6.84. The molecule has 96 valence electrons. The minimum Gasteiger partial charge on any atom is -0.508 e. The molecule has 1 aliphatic carbocycles. The molecule has 1 aromatic carbocycles. The van der Waals surface area contributed by atoms with Crippen molar-refractivity contribution in [3.63, 3.8) is 0 Å². The molecule has 0 spiro atoms. The van der Waals surface area contributed by atoms with E-state index in [0.717, 1.165) is 5.92 Å². The van der Waals surface area contributed by atoms with Crippen molar-refractivity contribution in [2.24, 2.45) is 5.92 Å². The van der Waals surface area contributed by atoms with Crippen molar-refractivity contribution >= 4 is 0 Å². The van der Waals surface area contributed by atoms with Gasteiger partial charge in [0.05, 0.1) is 0 Å². The van der Waals surface area contributed by atoms with E-state index in [0.29, 0.717) is 17.7 Å². The molecule has 2 fully saturated rings. The first-order chi connectivity index (χ1) is 8.84. The first-order valence-corrected chi connectivity index (χ1v) is 7.39. The van der Waals surface area contributed by atoms with Crippen LogP contribution in [0, 0.1) is 5.92 Å². The van der Waals surface area contributed by atoms with E-state index in [1.807, 2.05) is 12.1 Å². The average Bonchev–Trinajstić information content (AvgIpc) is 2.39. The maximum atomic E-state index is 10.2. The summed E-state index contributed by atoms with van der Waals surface area (Å²) in [4.78, 5) is 2.71. The monoisotopic (exact) mass is 243 g/mol. The number of phenols is 1. The van der Waals surface area contributed by atoms with Crippen LogP contribution in [0.3, 0.4) is 0 Å². The fourth-order valence-electron chi connectivity index (χ4n) is 4.73. The van der Waals surface area contributed by atoms with E-state index in [9.17, 15) is 5.11 Å². The Morgan fingerprint density at radius 1 is 1.11 bits per heavy atom. The second-order valence-corrected chi connectivity index (χ2v) is 6.23. The molecule has 0 radical (unpaired) electrons. The van der Waals surface area contributed by atoms with Crippen molar-refractivity contribution in [1.29, 1.82) is 0 Å². The van der Waals surface area contributed by atoms with Gasteiger partial charge in [-0.3, -0.25) is 4.90 Å². The van der Waals surface area contributed by atoms with Crippen molar-refractivity contribution in [3.05, 3.63) is 29.3 Å². The van der Waals surface area contributed by atoms with Crippen LogP contribution >= 0.6 is 0 Å². The summed E-state index contributed by atoms with van der Waals surface area (Å²) in [5.41, 5.74) is 2.70. The zero-order valence-corrected chi connectivity index (χ0v) is 10.8. The Balaban J connectivity index is 1.83. The number of nitrogens with zero attached hydrogens (tertiary/aromatic N) is 1. The van der Waals surface area contributed by atoms with Gasteiger partial charge in [-0.25, -0.2) is 0 Å². The number of piperidine rings is 2. The summed E-state index contributed by atoms with van der Waals surface area (Å²) in [5.74, 6) is 1.97. The molecule has 4 rings (SSSR count). The van der Waals surface area contributed by atoms with Crippen LogP contribution in [0.5, 0.6) is 5.75 Å². The third-order valence-electron chi connectivity index (χ3n) is 5.32. The first kappa shape index (κ1) is 10.9. The van der Waals surface area contributed by atoms with Gasteiger partial charge in [0.2, 0.25) is 0 Å². The highest BCUT2D eigenvalue weighted by molar-refractivity contribution is 5.45. The number of hydrogen-bond donors (Lipinski definition) is 1. The standard InChI is InChI=1S/C16H21NO/c18-14-7-1-4-11-10-12-5-2-8-17-9-3-6-13(15(11)14)16(12)17/h1,4,7,12-13,16,18H,2-3,5-6,8-10H2. The topological polar surface area (TPSA) is 23.5 Å². The Labute approximate surface area is 109 Å². The molecule has 0 amide bonds. The molecule has 2 nitrogen and oxygen atoms in total. The predicted octanol–water partition coefficient (Wildman–Crippen LogP) is 2.91. The van der Waals surface area contributed by atoms with E-state index in [2.05, 4.69) is 11.0 Å². The number of fused-ring (bicyclic) bond motifs is 2. The van der Waals surface area contributed by atoms with E-state index in [4.69, 9.17) is 0 Å². The molecule has 18 heavy (non-hydrogen) atoms. The summed E-state index contributed by atoms with van der Waals surface area (Å²) < 4.78 is 0. The van der Waals surface area contributed by atoms with Gasteiger partial charge >= 0.3 is 0 Å². The lowest BCUT2D eigenvalue weighted by Gasteiger charge is -2.52. The predicted molar refractivity (Wildman–Crippen MR) is 71.9 cm³/mol. The highest BCUT2D eigenvalue weighted by Crippen LogP contribution is 2.49. The minimum absolute atomic E-state index is 0.545. The quantitative estimate of drug-likeness (QED) is 0.757. The van der Waals surface area contributed by atoms with Crippen molar-refractivity contribution in [2.75, 3.05) is 13.1 Å². The molecular formula is C16H21NO. The van der Waals surface area contributed by atoms with Crippen LogP contribution < -0.4 is 0 Å². The molecule has 2 aliphatic heterocycles. The molecule has 3 unspecified atom stereocenters. The van der Waals surface area contributed by atoms with Gasteiger partial charge in [-0.05, 0) is 62.7 Å². The molecule has 0 bridgehead atoms. The van der Waals surface area contributed by atoms with Crippen LogP contribution in [0.25, 0.3) is 0 Å². The zero-order valence-electron chi connectivity index (χ0n) is 10.8. The molecular weight excluding hydrogens is 222 g/mol. The maximum absolute atomic E-state index is 10.2. The van der Waals surface area contributed by atoms with Crippen LogP contribution in [-0.4, -0.2) is 29.1 Å². The molecule has 0 aromatic heterocycles. The zero-order chi connectivity index (χ0) is 12.1. The third kappa shape index (κ3) is 1.45. The first-order valence-electron chi connectivity index (χ1n) is 7.39. The number of benzene rings is 1. The van der Waals surface area contributed by atoms with E-state index >= 15 is 0 Å². The SMILES string of the molecule is Oc1cccc2c1C1CCCN3CCCC(C2)C13. The summed E-state index contributed by atoms with van der Waals surface area (Å²) in [5, 5.41) is 10.2. The highest BCUT2D eigenvalue weighted by atomic mass is 16.3. The molecule has 2 heterocycles. The van der Waals surface area contributed by atoms with Gasteiger partial charge in [0, 0.05) is 17.5 Å². The molecule has 3 aliphatic rings. The highest BCUT2D eigenvalue weighted by Gasteiger charge is 2.44. The smallest absolute Gasteiger partial charge is 0.119 e. The summed E-state index contributed by atoms with van der Waals surface area (Å²) in [6.45, 7) is 2.56. The number of hydrogen-bond acceptors (Lipinski definition) is 2. The van der Waals surface area contributed by atoms with Gasteiger partial charge in [0.1, 0.15) is 5.75 Å². The third-order valence-corrected chi connectivity index (χ3v) is 5.32. The Hall–Kier alpha value is -1.02. The number of phenolic OH excluding ortho intramolecular Hbond substituents is 1. The van der Waals surface area contributed by atoms with E-state index < -0.39 is 0 Å². The normalized spacial score (nSPS) is 34.8. The van der Waals surface area contributed by atoms with Crippen molar-refractivity contribution in [3.8, 4) is 5.75 Å². The van der Waals surface area contributed by atoms with Crippen LogP contribution in [0.4, 0.5) is 0 Å². The Morgan fingerprint density at radius 2 is 1.94 bits per heavy atom. The van der Waals surface area contributed by atoms with Gasteiger partial charge in [-0.1, -0.05) is 12.1 Å². The minimum atomic E-state index is 0.545. The van der Waals surface area contributed by atoms with Gasteiger partial charge < -0.3 is 5.11 Å². The number of rotatable bonds is 0. The lowest BCUT2D eigenvalue weighted by Crippen LogP contribution is -2.54. The van der Waals surface area contributed by atoms with Gasteiger partial charge in [0.15, 0.2) is 0 Å².